The minimum Gasteiger partial charge on any atom is -0.356 e. The van der Waals surface area contributed by atoms with Crippen LogP contribution in [-0.2, 0) is 14.8 Å². The highest BCUT2D eigenvalue weighted by atomic mass is 32.2. The maximum Gasteiger partial charge on any atom is 0.236 e. The molecule has 0 atom stereocenters. The maximum absolute atomic E-state index is 12.4. The lowest BCUT2D eigenvalue weighted by Crippen LogP contribution is -2.42. The molecule has 1 heterocycles. The van der Waals surface area contributed by atoms with E-state index >= 15 is 0 Å². The molecule has 6 nitrogen and oxygen atoms in total. The molecule has 26 heavy (non-hydrogen) atoms. The van der Waals surface area contributed by atoms with Gasteiger partial charge in [0.25, 0.3) is 0 Å². The molecular weight excluding hydrogens is 350 g/mol. The predicted molar refractivity (Wildman–Crippen MR) is 105 cm³/mol. The average Bonchev–Trinajstić information content (AvgIpc) is 2.64. The third-order valence-electron chi connectivity index (χ3n) is 4.50. The number of nitrogens with one attached hydrogen (secondary N) is 1. The summed E-state index contributed by atoms with van der Waals surface area (Å²) in [6, 6.07) is 9.35. The summed E-state index contributed by atoms with van der Waals surface area (Å²) in [7, 11) is 0.563. The zero-order chi connectivity index (χ0) is 19.0. The number of hydrogen-bond acceptors (Lipinski definition) is 4. The summed E-state index contributed by atoms with van der Waals surface area (Å²) in [6.07, 6.45) is 3.66. The van der Waals surface area contributed by atoms with Crippen molar-refractivity contribution in [1.29, 1.82) is 0 Å². The zero-order valence-electron chi connectivity index (χ0n) is 15.6. The second-order valence-corrected chi connectivity index (χ2v) is 8.70. The Hall–Kier alpha value is -1.70. The second-order valence-electron chi connectivity index (χ2n) is 6.88. The van der Waals surface area contributed by atoms with Crippen LogP contribution in [0, 0.1) is 5.92 Å². The van der Waals surface area contributed by atoms with E-state index in [1.54, 1.807) is 6.08 Å². The number of hydrogen-bond donors (Lipinski definition) is 1. The SMILES string of the molecule is CN(C)CCCNC(=O)C1CCN(S(=O)(=O)/C=C/c2ccccc2)CC1. The van der Waals surface area contributed by atoms with E-state index in [1.165, 1.54) is 9.71 Å². The fourth-order valence-corrected chi connectivity index (χ4v) is 4.16. The fourth-order valence-electron chi connectivity index (χ4n) is 2.94. The summed E-state index contributed by atoms with van der Waals surface area (Å²) in [5.41, 5.74) is 0.850. The molecule has 1 aromatic rings. The molecule has 0 spiro atoms. The van der Waals surface area contributed by atoms with Crippen LogP contribution < -0.4 is 5.32 Å². The lowest BCUT2D eigenvalue weighted by Gasteiger charge is -2.29. The standard InChI is InChI=1S/C19H29N3O3S/c1-21(2)13-6-12-20-19(23)18-9-14-22(15-10-18)26(24,25)16-11-17-7-4-3-5-8-17/h3-5,7-8,11,16,18H,6,9-10,12-15H2,1-2H3,(H,20,23)/b16-11+. The number of nitrogens with zero attached hydrogens (tertiary/aromatic N) is 2. The Morgan fingerprint density at radius 1 is 1.23 bits per heavy atom. The van der Waals surface area contributed by atoms with Crippen LogP contribution in [0.2, 0.25) is 0 Å². The maximum atomic E-state index is 12.4. The van der Waals surface area contributed by atoms with Crippen LogP contribution in [0.1, 0.15) is 24.8 Å². The normalized spacial score (nSPS) is 17.0. The van der Waals surface area contributed by atoms with Crippen molar-refractivity contribution >= 4 is 22.0 Å². The highest BCUT2D eigenvalue weighted by Gasteiger charge is 2.29. The fraction of sp³-hybridized carbons (Fsp3) is 0.526. The Balaban J connectivity index is 1.79. The van der Waals surface area contributed by atoms with Gasteiger partial charge in [0.15, 0.2) is 0 Å². The number of amides is 1. The Morgan fingerprint density at radius 2 is 1.88 bits per heavy atom. The molecule has 7 heteroatoms. The molecule has 1 aromatic carbocycles. The van der Waals surface area contributed by atoms with Gasteiger partial charge in [-0.3, -0.25) is 4.79 Å². The van der Waals surface area contributed by atoms with Crippen LogP contribution in [0.15, 0.2) is 35.7 Å². The lowest BCUT2D eigenvalue weighted by atomic mass is 9.97. The summed E-state index contributed by atoms with van der Waals surface area (Å²) in [4.78, 5) is 14.3. The van der Waals surface area contributed by atoms with Crippen LogP contribution in [0.5, 0.6) is 0 Å². The number of piperidine rings is 1. The van der Waals surface area contributed by atoms with E-state index in [4.69, 9.17) is 0 Å². The van der Waals surface area contributed by atoms with Crippen LogP contribution in [0.4, 0.5) is 0 Å². The number of benzene rings is 1. The second kappa shape index (κ2) is 9.85. The first-order valence-electron chi connectivity index (χ1n) is 9.04. The average molecular weight is 380 g/mol. The molecule has 2 rings (SSSR count). The minimum absolute atomic E-state index is 0.0423. The topological polar surface area (TPSA) is 69.7 Å². The van der Waals surface area contributed by atoms with E-state index in [0.717, 1.165) is 18.5 Å². The van der Waals surface area contributed by atoms with Crippen LogP contribution in [0.25, 0.3) is 6.08 Å². The molecule has 0 aromatic heterocycles. The van der Waals surface area contributed by atoms with Gasteiger partial charge >= 0.3 is 0 Å². The number of rotatable bonds is 8. The molecule has 1 amide bonds. The van der Waals surface area contributed by atoms with E-state index in [0.29, 0.717) is 32.5 Å². The Kier molecular flexibility index (Phi) is 7.81. The molecule has 1 N–H and O–H groups in total. The molecule has 0 saturated carbocycles. The van der Waals surface area contributed by atoms with Crippen LogP contribution in [0.3, 0.4) is 0 Å². The van der Waals surface area contributed by atoms with Crippen molar-refractivity contribution in [1.82, 2.24) is 14.5 Å². The summed E-state index contributed by atoms with van der Waals surface area (Å²) < 4.78 is 26.3. The van der Waals surface area contributed by atoms with Gasteiger partial charge in [-0.25, -0.2) is 8.42 Å². The van der Waals surface area contributed by atoms with Crippen molar-refractivity contribution in [3.05, 3.63) is 41.3 Å². The zero-order valence-corrected chi connectivity index (χ0v) is 16.4. The van der Waals surface area contributed by atoms with Crippen molar-refractivity contribution in [2.75, 3.05) is 40.3 Å². The molecular formula is C19H29N3O3S. The van der Waals surface area contributed by atoms with Crippen molar-refractivity contribution in [3.8, 4) is 0 Å². The number of carbonyl (C=O) groups is 1. The Labute approximate surface area is 156 Å². The molecule has 0 aliphatic carbocycles. The van der Waals surface area contributed by atoms with Crippen molar-refractivity contribution in [3.63, 3.8) is 0 Å². The summed E-state index contributed by atoms with van der Waals surface area (Å²) in [5.74, 6) is -0.0560. The quantitative estimate of drug-likeness (QED) is 0.699. The third kappa shape index (κ3) is 6.55. The molecule has 0 unspecified atom stereocenters. The van der Waals surface area contributed by atoms with E-state index in [9.17, 15) is 13.2 Å². The molecule has 0 radical (unpaired) electrons. The van der Waals surface area contributed by atoms with E-state index in [-0.39, 0.29) is 11.8 Å². The van der Waals surface area contributed by atoms with Gasteiger partial charge in [0.2, 0.25) is 15.9 Å². The van der Waals surface area contributed by atoms with Crippen molar-refractivity contribution in [2.24, 2.45) is 5.92 Å². The van der Waals surface area contributed by atoms with E-state index in [2.05, 4.69) is 10.2 Å². The number of sulfonamides is 1. The van der Waals surface area contributed by atoms with Gasteiger partial charge in [-0.05, 0) is 51.5 Å². The summed E-state index contributed by atoms with van der Waals surface area (Å²) >= 11 is 0. The molecule has 0 bridgehead atoms. The van der Waals surface area contributed by atoms with E-state index < -0.39 is 10.0 Å². The molecule has 1 aliphatic rings. The number of carbonyl (C=O) groups excluding carboxylic acids is 1. The third-order valence-corrected chi connectivity index (χ3v) is 6.06. The van der Waals surface area contributed by atoms with Gasteiger partial charge in [-0.1, -0.05) is 30.3 Å². The van der Waals surface area contributed by atoms with Crippen molar-refractivity contribution in [2.45, 2.75) is 19.3 Å². The Bertz CT molecular complexity index is 694. The largest absolute Gasteiger partial charge is 0.356 e. The monoisotopic (exact) mass is 379 g/mol. The van der Waals surface area contributed by atoms with Gasteiger partial charge in [0, 0.05) is 31.0 Å². The molecule has 1 aliphatic heterocycles. The van der Waals surface area contributed by atoms with Gasteiger partial charge in [0.05, 0.1) is 0 Å². The van der Waals surface area contributed by atoms with Gasteiger partial charge < -0.3 is 10.2 Å². The van der Waals surface area contributed by atoms with E-state index in [1.807, 2.05) is 44.4 Å². The van der Waals surface area contributed by atoms with Crippen molar-refractivity contribution < 1.29 is 13.2 Å². The summed E-state index contributed by atoms with van der Waals surface area (Å²) in [5, 5.41) is 4.21. The molecule has 1 fully saturated rings. The smallest absolute Gasteiger partial charge is 0.236 e. The Morgan fingerprint density at radius 3 is 2.50 bits per heavy atom. The summed E-state index contributed by atoms with van der Waals surface area (Å²) in [6.45, 7) is 2.37. The predicted octanol–water partition coefficient (Wildman–Crippen LogP) is 1.77. The first-order valence-corrected chi connectivity index (χ1v) is 10.5. The lowest BCUT2D eigenvalue weighted by molar-refractivity contribution is -0.126. The van der Waals surface area contributed by atoms with Gasteiger partial charge in [-0.2, -0.15) is 4.31 Å². The van der Waals surface area contributed by atoms with Gasteiger partial charge in [0.1, 0.15) is 0 Å². The molecule has 144 valence electrons. The highest BCUT2D eigenvalue weighted by molar-refractivity contribution is 7.92. The van der Waals surface area contributed by atoms with Crippen LogP contribution in [-0.4, -0.2) is 63.8 Å². The first-order chi connectivity index (χ1) is 12.4. The highest BCUT2D eigenvalue weighted by Crippen LogP contribution is 2.21. The van der Waals surface area contributed by atoms with Gasteiger partial charge in [-0.15, -0.1) is 0 Å². The first kappa shape index (κ1) is 20.6. The molecule has 1 saturated heterocycles. The minimum atomic E-state index is -3.45. The van der Waals surface area contributed by atoms with Crippen LogP contribution >= 0.6 is 0 Å².